The Kier molecular flexibility index (Phi) is 5.58. The summed E-state index contributed by atoms with van der Waals surface area (Å²) in [6.45, 7) is 0. The molecule has 1 atom stereocenters. The van der Waals surface area contributed by atoms with Gasteiger partial charge in [0.1, 0.15) is 0 Å². The zero-order valence-corrected chi connectivity index (χ0v) is 12.6. The minimum Gasteiger partial charge on any atom is -0.502 e. The number of phenolic OH excluding ortho intramolecular Hbond substituents is 1. The monoisotopic (exact) mass is 350 g/mol. The van der Waals surface area contributed by atoms with Crippen molar-refractivity contribution in [2.45, 2.75) is 31.7 Å². The van der Waals surface area contributed by atoms with Gasteiger partial charge >= 0.3 is 5.69 Å². The van der Waals surface area contributed by atoms with E-state index in [4.69, 9.17) is 5.73 Å². The maximum Gasteiger partial charge on any atom is 0.312 e. The van der Waals surface area contributed by atoms with Crippen LogP contribution in [0.15, 0.2) is 16.6 Å². The van der Waals surface area contributed by atoms with Gasteiger partial charge in [0.2, 0.25) is 0 Å². The number of aromatic hydroxyl groups is 1. The van der Waals surface area contributed by atoms with Gasteiger partial charge in [-0.1, -0.05) is 28.8 Å². The predicted octanol–water partition coefficient (Wildman–Crippen LogP) is 3.67. The van der Waals surface area contributed by atoms with Crippen molar-refractivity contribution in [3.05, 3.63) is 32.3 Å². The van der Waals surface area contributed by atoms with E-state index in [1.165, 1.54) is 6.07 Å². The van der Waals surface area contributed by atoms with Crippen LogP contribution in [0.3, 0.4) is 0 Å². The second kappa shape index (κ2) is 6.54. The Labute approximate surface area is 125 Å². The lowest BCUT2D eigenvalue weighted by atomic mass is 9.91. The van der Waals surface area contributed by atoms with Crippen LogP contribution < -0.4 is 5.73 Å². The molecule has 0 bridgehead atoms. The van der Waals surface area contributed by atoms with Crippen LogP contribution in [0.2, 0.25) is 0 Å². The number of rotatable bonds is 3. The number of hydrogen-bond donors (Lipinski definition) is 2. The molecule has 5 nitrogen and oxygen atoms in total. The Bertz CT molecular complexity index is 478. The second-order valence-corrected chi connectivity index (χ2v) is 5.61. The summed E-state index contributed by atoms with van der Waals surface area (Å²) in [6.07, 6.45) is 4.30. The van der Waals surface area contributed by atoms with E-state index in [0.717, 1.165) is 25.7 Å². The van der Waals surface area contributed by atoms with Crippen molar-refractivity contribution in [3.63, 3.8) is 0 Å². The third-order valence-corrected chi connectivity index (χ3v) is 4.01. The SMILES string of the molecule is Cl.N[C@@H](c1cc(Br)cc([N+](=O)[O-])c1O)C1CCCC1. The molecule has 0 aliphatic heterocycles. The van der Waals surface area contributed by atoms with Gasteiger partial charge in [0.25, 0.3) is 0 Å². The number of halogens is 2. The molecule has 1 aromatic rings. The lowest BCUT2D eigenvalue weighted by Gasteiger charge is -2.20. The fourth-order valence-electron chi connectivity index (χ4n) is 2.57. The summed E-state index contributed by atoms with van der Waals surface area (Å²) >= 11 is 3.22. The quantitative estimate of drug-likeness (QED) is 0.642. The molecule has 0 heterocycles. The highest BCUT2D eigenvalue weighted by molar-refractivity contribution is 9.10. The predicted molar refractivity (Wildman–Crippen MR) is 78.6 cm³/mol. The standard InChI is InChI=1S/C12H15BrN2O3.ClH/c13-8-5-9(11(14)7-3-1-2-4-7)12(16)10(6-8)15(17)18;/h5-7,11,16H,1-4,14H2;1H/t11-;/m1./s1. The minimum absolute atomic E-state index is 0. The van der Waals surface area contributed by atoms with Crippen LogP contribution in [0.25, 0.3) is 0 Å². The van der Waals surface area contributed by atoms with Gasteiger partial charge in [-0.2, -0.15) is 0 Å². The molecular weight excluding hydrogens is 336 g/mol. The number of nitrogens with zero attached hydrogens (tertiary/aromatic N) is 1. The third kappa shape index (κ3) is 3.38. The van der Waals surface area contributed by atoms with Gasteiger partial charge in [0.15, 0.2) is 5.75 Å². The fourth-order valence-corrected chi connectivity index (χ4v) is 3.03. The molecule has 0 unspecified atom stereocenters. The number of nitrogens with two attached hydrogens (primary N) is 1. The molecule has 0 aromatic heterocycles. The van der Waals surface area contributed by atoms with Crippen LogP contribution in [-0.2, 0) is 0 Å². The van der Waals surface area contributed by atoms with Gasteiger partial charge in [-0.05, 0) is 24.8 Å². The summed E-state index contributed by atoms with van der Waals surface area (Å²) in [5.74, 6) is -0.00703. The third-order valence-electron chi connectivity index (χ3n) is 3.55. The highest BCUT2D eigenvalue weighted by atomic mass is 79.9. The molecule has 106 valence electrons. The summed E-state index contributed by atoms with van der Waals surface area (Å²) < 4.78 is 0.565. The molecule has 1 fully saturated rings. The van der Waals surface area contributed by atoms with Crippen LogP contribution in [0.1, 0.15) is 37.3 Å². The molecule has 7 heteroatoms. The molecule has 0 saturated heterocycles. The van der Waals surface area contributed by atoms with Crippen LogP contribution >= 0.6 is 28.3 Å². The molecule has 1 aliphatic carbocycles. The van der Waals surface area contributed by atoms with E-state index in [-0.39, 0.29) is 29.9 Å². The lowest BCUT2D eigenvalue weighted by Crippen LogP contribution is -2.19. The molecule has 1 aliphatic rings. The summed E-state index contributed by atoms with van der Waals surface area (Å²) in [5.41, 5.74) is 6.30. The van der Waals surface area contributed by atoms with Crippen molar-refractivity contribution in [1.29, 1.82) is 0 Å². The number of phenols is 1. The molecule has 2 rings (SSSR count). The summed E-state index contributed by atoms with van der Waals surface area (Å²) in [5, 5.41) is 20.8. The number of nitro groups is 1. The minimum atomic E-state index is -0.592. The molecular formula is C12H16BrClN2O3. The first-order valence-corrected chi connectivity index (χ1v) is 6.72. The highest BCUT2D eigenvalue weighted by Gasteiger charge is 2.28. The van der Waals surface area contributed by atoms with E-state index >= 15 is 0 Å². The number of benzene rings is 1. The summed E-state index contributed by atoms with van der Waals surface area (Å²) in [7, 11) is 0. The molecule has 0 radical (unpaired) electrons. The Morgan fingerprint density at radius 1 is 1.42 bits per heavy atom. The number of hydrogen-bond acceptors (Lipinski definition) is 4. The second-order valence-electron chi connectivity index (χ2n) is 4.69. The van der Waals surface area contributed by atoms with Crippen LogP contribution in [-0.4, -0.2) is 10.0 Å². The van der Waals surface area contributed by atoms with Gasteiger partial charge in [-0.15, -0.1) is 12.4 Å². The van der Waals surface area contributed by atoms with Crippen molar-refractivity contribution in [3.8, 4) is 5.75 Å². The number of nitro benzene ring substituents is 1. The van der Waals surface area contributed by atoms with Gasteiger partial charge in [0, 0.05) is 22.1 Å². The van der Waals surface area contributed by atoms with E-state index in [1.54, 1.807) is 6.07 Å². The first-order valence-electron chi connectivity index (χ1n) is 5.93. The average molecular weight is 352 g/mol. The lowest BCUT2D eigenvalue weighted by molar-refractivity contribution is -0.386. The summed E-state index contributed by atoms with van der Waals surface area (Å²) in [4.78, 5) is 10.3. The Morgan fingerprint density at radius 2 is 2.00 bits per heavy atom. The van der Waals surface area contributed by atoms with Crippen molar-refractivity contribution in [1.82, 2.24) is 0 Å². The Morgan fingerprint density at radius 3 is 2.53 bits per heavy atom. The average Bonchev–Trinajstić information content (AvgIpc) is 2.84. The van der Waals surface area contributed by atoms with Crippen LogP contribution in [0, 0.1) is 16.0 Å². The fraction of sp³-hybridized carbons (Fsp3) is 0.500. The van der Waals surface area contributed by atoms with Crippen molar-refractivity contribution < 1.29 is 10.0 Å². The zero-order chi connectivity index (χ0) is 13.3. The topological polar surface area (TPSA) is 89.4 Å². The molecule has 3 N–H and O–H groups in total. The maximum atomic E-state index is 10.9. The highest BCUT2D eigenvalue weighted by Crippen LogP contribution is 2.41. The molecule has 0 spiro atoms. The molecule has 1 saturated carbocycles. The van der Waals surface area contributed by atoms with Gasteiger partial charge < -0.3 is 10.8 Å². The Hall–Kier alpha value is -0.850. The van der Waals surface area contributed by atoms with Gasteiger partial charge in [-0.3, -0.25) is 10.1 Å². The van der Waals surface area contributed by atoms with E-state index in [2.05, 4.69) is 15.9 Å². The summed E-state index contributed by atoms with van der Waals surface area (Å²) in [6, 6.07) is 2.62. The molecule has 1 aromatic carbocycles. The van der Waals surface area contributed by atoms with Crippen molar-refractivity contribution in [2.24, 2.45) is 11.7 Å². The van der Waals surface area contributed by atoms with Crippen molar-refractivity contribution >= 4 is 34.0 Å². The van der Waals surface area contributed by atoms with Gasteiger partial charge in [-0.25, -0.2) is 0 Å². The van der Waals surface area contributed by atoms with Gasteiger partial charge in [0.05, 0.1) is 4.92 Å². The normalized spacial score (nSPS) is 16.9. The largest absolute Gasteiger partial charge is 0.502 e. The molecule has 19 heavy (non-hydrogen) atoms. The van der Waals surface area contributed by atoms with E-state index in [9.17, 15) is 15.2 Å². The van der Waals surface area contributed by atoms with Crippen LogP contribution in [0.4, 0.5) is 5.69 Å². The molecule has 0 amide bonds. The first kappa shape index (κ1) is 16.2. The Balaban J connectivity index is 0.00000180. The smallest absolute Gasteiger partial charge is 0.312 e. The van der Waals surface area contributed by atoms with E-state index in [0.29, 0.717) is 16.0 Å². The van der Waals surface area contributed by atoms with E-state index < -0.39 is 4.92 Å². The van der Waals surface area contributed by atoms with Crippen molar-refractivity contribution in [2.75, 3.05) is 0 Å². The zero-order valence-electron chi connectivity index (χ0n) is 10.2. The van der Waals surface area contributed by atoms with Crippen LogP contribution in [0.5, 0.6) is 5.75 Å². The maximum absolute atomic E-state index is 10.9. The first-order chi connectivity index (χ1) is 8.50. The van der Waals surface area contributed by atoms with E-state index in [1.807, 2.05) is 0 Å².